The van der Waals surface area contributed by atoms with Gasteiger partial charge in [-0.1, -0.05) is 0 Å². The van der Waals surface area contributed by atoms with E-state index in [0.717, 1.165) is 0 Å². The smallest absolute Gasteiger partial charge is 0.196 e. The first-order valence-corrected chi connectivity index (χ1v) is 3.37. The van der Waals surface area contributed by atoms with Gasteiger partial charge in [0.2, 0.25) is 0 Å². The normalized spacial score (nSPS) is 8.80. The predicted octanol–water partition coefficient (Wildman–Crippen LogP) is 6.59. The molecular weight excluding hydrogens is 392 g/mol. The van der Waals surface area contributed by atoms with Crippen LogP contribution in [-0.4, -0.2) is 6.18 Å². The minimum absolute atomic E-state index is 0. The highest BCUT2D eigenvalue weighted by Gasteiger charge is 2.38. The van der Waals surface area contributed by atoms with E-state index < -0.39 is 36.3 Å². The van der Waals surface area contributed by atoms with E-state index in [-0.39, 0.29) is 17.0 Å². The summed E-state index contributed by atoms with van der Waals surface area (Å²) >= 11 is 0. The molecule has 0 saturated carbocycles. The van der Waals surface area contributed by atoms with Gasteiger partial charge in [0, 0.05) is 0 Å². The standard InChI is InChI=1S/C3F6.C2F4.C2H2F2.BrH/c4-1(2(5)6)3(7,8)9;3-1(4)2(5)6;1-2(3)4;/h;;1H2;1H. The lowest BCUT2D eigenvalue weighted by molar-refractivity contribution is -0.113. The summed E-state index contributed by atoms with van der Waals surface area (Å²) in [5.74, 6) is -3.33. The van der Waals surface area contributed by atoms with Crippen LogP contribution in [0.1, 0.15) is 0 Å². The summed E-state index contributed by atoms with van der Waals surface area (Å²) in [6.07, 6.45) is -16.5. The lowest BCUT2D eigenvalue weighted by Gasteiger charge is -1.98. The molecule has 0 aliphatic heterocycles. The maximum absolute atomic E-state index is 11.0. The monoisotopic (exact) mass is 394 g/mol. The molecule has 0 aliphatic carbocycles. The predicted molar refractivity (Wildman–Crippen MR) is 49.5 cm³/mol. The molecule has 0 rings (SSSR count). The van der Waals surface area contributed by atoms with E-state index in [1.165, 1.54) is 0 Å². The largest absolute Gasteiger partial charge is 0.448 e. The summed E-state index contributed by atoms with van der Waals surface area (Å²) in [4.78, 5) is 0. The number of rotatable bonds is 0. The molecule has 0 amide bonds. The van der Waals surface area contributed by atoms with E-state index >= 15 is 0 Å². The molecule has 20 heavy (non-hydrogen) atoms. The third-order valence-corrected chi connectivity index (χ3v) is 0.558. The second kappa shape index (κ2) is 12.9. The van der Waals surface area contributed by atoms with Crippen molar-refractivity contribution in [3.63, 3.8) is 0 Å². The van der Waals surface area contributed by atoms with E-state index in [9.17, 15) is 52.7 Å². The van der Waals surface area contributed by atoms with Crippen LogP contribution in [0, 0.1) is 0 Å². The average Bonchev–Trinajstić information content (AvgIpc) is 2.14. The van der Waals surface area contributed by atoms with Crippen molar-refractivity contribution in [1.29, 1.82) is 0 Å². The topological polar surface area (TPSA) is 0 Å². The van der Waals surface area contributed by atoms with Gasteiger partial charge in [-0.2, -0.15) is 52.7 Å². The lowest BCUT2D eigenvalue weighted by Crippen LogP contribution is -2.08. The first-order chi connectivity index (χ1) is 8.23. The Labute approximate surface area is 113 Å². The molecule has 0 bridgehead atoms. The van der Waals surface area contributed by atoms with Crippen molar-refractivity contribution in [2.24, 2.45) is 0 Å². The van der Waals surface area contributed by atoms with Gasteiger partial charge in [0.05, 0.1) is 0 Å². The first-order valence-electron chi connectivity index (χ1n) is 3.37. The molecule has 0 aliphatic rings. The zero-order valence-electron chi connectivity index (χ0n) is 8.65. The molecule has 0 aromatic rings. The second-order valence-electron chi connectivity index (χ2n) is 1.93. The van der Waals surface area contributed by atoms with Crippen molar-refractivity contribution in [3.05, 3.63) is 36.7 Å². The third-order valence-electron chi connectivity index (χ3n) is 0.558. The van der Waals surface area contributed by atoms with Crippen molar-refractivity contribution in [2.75, 3.05) is 0 Å². The van der Waals surface area contributed by atoms with Crippen LogP contribution < -0.4 is 0 Å². The maximum atomic E-state index is 11.0. The number of halogens is 13. The van der Waals surface area contributed by atoms with E-state index in [2.05, 4.69) is 6.58 Å². The SMILES string of the molecule is Br.C=C(F)F.FC(F)=C(F)C(F)(F)F.FC(F)=C(F)F. The fraction of sp³-hybridized carbons (Fsp3) is 0.143. The Balaban J connectivity index is -0.000000102. The number of allylic oxidation sites excluding steroid dienone is 1. The van der Waals surface area contributed by atoms with Gasteiger partial charge < -0.3 is 0 Å². The van der Waals surface area contributed by atoms with Crippen LogP contribution in [0.3, 0.4) is 0 Å². The van der Waals surface area contributed by atoms with Gasteiger partial charge in [-0.25, -0.2) is 0 Å². The first kappa shape index (κ1) is 27.2. The van der Waals surface area contributed by atoms with Gasteiger partial charge in [0.1, 0.15) is 0 Å². The van der Waals surface area contributed by atoms with E-state index in [1.807, 2.05) is 0 Å². The minimum atomic E-state index is -5.56. The molecule has 0 aromatic heterocycles. The summed E-state index contributed by atoms with van der Waals surface area (Å²) in [6.45, 7) is 2.22. The van der Waals surface area contributed by atoms with Gasteiger partial charge in [-0.15, -0.1) is 17.0 Å². The van der Waals surface area contributed by atoms with Crippen LogP contribution in [0.4, 0.5) is 52.7 Å². The molecule has 0 N–H and O–H groups in total. The third kappa shape index (κ3) is 25.6. The van der Waals surface area contributed by atoms with Crippen LogP contribution in [0.2, 0.25) is 0 Å². The Kier molecular flexibility index (Phi) is 17.5. The highest BCUT2D eigenvalue weighted by atomic mass is 79.9. The Morgan fingerprint density at radius 1 is 0.600 bits per heavy atom. The molecular formula is C7H3BrF12. The van der Waals surface area contributed by atoms with Crippen molar-refractivity contribution < 1.29 is 52.7 Å². The summed E-state index contributed by atoms with van der Waals surface area (Å²) in [5, 5.41) is 0. The Morgan fingerprint density at radius 2 is 0.800 bits per heavy atom. The second-order valence-corrected chi connectivity index (χ2v) is 1.93. The van der Waals surface area contributed by atoms with Crippen molar-refractivity contribution >= 4 is 17.0 Å². The van der Waals surface area contributed by atoms with Crippen molar-refractivity contribution in [2.45, 2.75) is 6.18 Å². The van der Waals surface area contributed by atoms with Crippen LogP contribution in [0.15, 0.2) is 36.7 Å². The Bertz CT molecular complexity index is 314. The van der Waals surface area contributed by atoms with Gasteiger partial charge in [-0.05, 0) is 6.58 Å². The van der Waals surface area contributed by atoms with Crippen molar-refractivity contribution in [1.82, 2.24) is 0 Å². The molecule has 0 aromatic carbocycles. The number of alkyl halides is 3. The molecule has 0 fully saturated rings. The van der Waals surface area contributed by atoms with Gasteiger partial charge in [-0.3, -0.25) is 0 Å². The molecule has 0 saturated heterocycles. The maximum Gasteiger partial charge on any atom is 0.448 e. The molecule has 0 unspecified atom stereocenters. The van der Waals surface area contributed by atoms with Crippen LogP contribution in [0.25, 0.3) is 0 Å². The summed E-state index contributed by atoms with van der Waals surface area (Å²) in [7, 11) is 0. The molecule has 0 spiro atoms. The molecule has 13 heteroatoms. The van der Waals surface area contributed by atoms with Crippen molar-refractivity contribution in [3.8, 4) is 0 Å². The quantitative estimate of drug-likeness (QED) is 0.406. The fourth-order valence-electron chi connectivity index (χ4n) is 0.107. The van der Waals surface area contributed by atoms with Gasteiger partial charge in [0.25, 0.3) is 11.9 Å². The highest BCUT2D eigenvalue weighted by molar-refractivity contribution is 8.93. The Hall–Kier alpha value is -1.14. The van der Waals surface area contributed by atoms with E-state index in [0.29, 0.717) is 0 Å². The highest BCUT2D eigenvalue weighted by Crippen LogP contribution is 2.29. The molecule has 0 heterocycles. The van der Waals surface area contributed by atoms with Gasteiger partial charge in [0.15, 0.2) is 0 Å². The lowest BCUT2D eigenvalue weighted by atomic mass is 10.6. The molecule has 0 radical (unpaired) electrons. The van der Waals surface area contributed by atoms with Crippen LogP contribution >= 0.6 is 17.0 Å². The van der Waals surface area contributed by atoms with E-state index in [4.69, 9.17) is 0 Å². The van der Waals surface area contributed by atoms with Crippen LogP contribution in [0.5, 0.6) is 0 Å². The molecule has 0 nitrogen and oxygen atoms in total. The van der Waals surface area contributed by atoms with E-state index in [1.54, 1.807) is 0 Å². The molecule has 0 atom stereocenters. The average molecular weight is 395 g/mol. The summed E-state index contributed by atoms with van der Waals surface area (Å²) in [5.41, 5.74) is 0. The number of hydrogen-bond donors (Lipinski definition) is 0. The van der Waals surface area contributed by atoms with Gasteiger partial charge >= 0.3 is 24.4 Å². The minimum Gasteiger partial charge on any atom is -0.196 e. The zero-order valence-corrected chi connectivity index (χ0v) is 10.4. The Morgan fingerprint density at radius 3 is 0.800 bits per heavy atom. The zero-order chi connectivity index (χ0) is 16.4. The van der Waals surface area contributed by atoms with Crippen LogP contribution in [-0.2, 0) is 0 Å². The fourth-order valence-corrected chi connectivity index (χ4v) is 0.107. The number of hydrogen-bond acceptors (Lipinski definition) is 0. The summed E-state index contributed by atoms with van der Waals surface area (Å²) < 4.78 is 126. The summed E-state index contributed by atoms with van der Waals surface area (Å²) in [6, 6.07) is 0. The molecule has 122 valence electrons.